The Bertz CT molecular complexity index is 381. The molecule has 0 unspecified atom stereocenters. The van der Waals surface area contributed by atoms with Gasteiger partial charge in [0.1, 0.15) is 5.82 Å². The third kappa shape index (κ3) is 3.20. The Morgan fingerprint density at radius 2 is 2.31 bits per heavy atom. The van der Waals surface area contributed by atoms with Crippen LogP contribution in [0.25, 0.3) is 0 Å². The van der Waals surface area contributed by atoms with Crippen molar-refractivity contribution in [3.05, 3.63) is 22.3 Å². The quantitative estimate of drug-likeness (QED) is 0.916. The van der Waals surface area contributed by atoms with Gasteiger partial charge < -0.3 is 10.2 Å². The number of aromatic nitrogens is 1. The molecule has 1 rings (SSSR count). The van der Waals surface area contributed by atoms with Crippen LogP contribution in [0, 0.1) is 6.92 Å². The summed E-state index contributed by atoms with van der Waals surface area (Å²) in [6.07, 6.45) is 1.74. The first-order valence-electron chi connectivity index (χ1n) is 5.15. The lowest BCUT2D eigenvalue weighted by Gasteiger charge is -2.19. The molecule has 0 bridgehead atoms. The average molecular weight is 286 g/mol. The summed E-state index contributed by atoms with van der Waals surface area (Å²) in [5.74, 6) is 0.784. The van der Waals surface area contributed by atoms with Crippen LogP contribution in [0.2, 0.25) is 0 Å². The Balaban J connectivity index is 2.76. The largest absolute Gasteiger partial charge is 0.355 e. The third-order valence-corrected chi connectivity index (χ3v) is 3.16. The lowest BCUT2D eigenvalue weighted by atomic mass is 10.3. The number of likely N-dealkylation sites (N-methyl/N-ethyl adjacent to an activating group) is 2. The maximum Gasteiger partial charge on any atom is 0.239 e. The molecule has 16 heavy (non-hydrogen) atoms. The van der Waals surface area contributed by atoms with E-state index in [0.717, 1.165) is 15.9 Å². The number of nitrogens with one attached hydrogen (secondary N) is 1. The van der Waals surface area contributed by atoms with Crippen LogP contribution in [0.5, 0.6) is 0 Å². The van der Waals surface area contributed by atoms with Gasteiger partial charge in [0, 0.05) is 19.8 Å². The number of pyridine rings is 1. The van der Waals surface area contributed by atoms with Gasteiger partial charge in [-0.1, -0.05) is 0 Å². The zero-order valence-corrected chi connectivity index (χ0v) is 11.3. The van der Waals surface area contributed by atoms with Crippen molar-refractivity contribution in [1.29, 1.82) is 0 Å². The molecule has 0 aliphatic heterocycles. The zero-order chi connectivity index (χ0) is 12.1. The molecule has 1 N–H and O–H groups in total. The van der Waals surface area contributed by atoms with Gasteiger partial charge in [-0.3, -0.25) is 4.79 Å². The fourth-order valence-corrected chi connectivity index (χ4v) is 1.87. The van der Waals surface area contributed by atoms with E-state index in [1.807, 2.05) is 31.9 Å². The molecule has 1 aromatic heterocycles. The van der Waals surface area contributed by atoms with Crippen LogP contribution in [0.15, 0.2) is 16.7 Å². The van der Waals surface area contributed by atoms with E-state index in [2.05, 4.69) is 26.2 Å². The van der Waals surface area contributed by atoms with Crippen LogP contribution >= 0.6 is 15.9 Å². The molecule has 0 aliphatic rings. The third-order valence-electron chi connectivity index (χ3n) is 2.18. The first kappa shape index (κ1) is 13.0. The number of anilines is 1. The monoisotopic (exact) mass is 285 g/mol. The zero-order valence-electron chi connectivity index (χ0n) is 9.75. The molecule has 0 spiro atoms. The van der Waals surface area contributed by atoms with Crippen LogP contribution < -0.4 is 10.2 Å². The average Bonchev–Trinajstić information content (AvgIpc) is 2.22. The highest BCUT2D eigenvalue weighted by molar-refractivity contribution is 9.10. The number of halogens is 1. The van der Waals surface area contributed by atoms with Crippen molar-refractivity contribution in [3.8, 4) is 0 Å². The standard InChI is InChI=1S/C11H16BrN3O/c1-4-13-9(16)7-15(3)11-10(12)8(2)5-6-14-11/h5-6H,4,7H2,1-3H3,(H,13,16). The molecule has 0 radical (unpaired) electrons. The van der Waals surface area contributed by atoms with Gasteiger partial charge in [-0.15, -0.1) is 0 Å². The number of carbonyl (C=O) groups excluding carboxylic acids is 1. The van der Waals surface area contributed by atoms with Crippen molar-refractivity contribution in [2.24, 2.45) is 0 Å². The Morgan fingerprint density at radius 3 is 2.94 bits per heavy atom. The van der Waals surface area contributed by atoms with Crippen molar-refractivity contribution in [2.45, 2.75) is 13.8 Å². The fraction of sp³-hybridized carbons (Fsp3) is 0.455. The van der Waals surface area contributed by atoms with Crippen LogP contribution in [0.3, 0.4) is 0 Å². The van der Waals surface area contributed by atoms with Gasteiger partial charge in [0.15, 0.2) is 0 Å². The van der Waals surface area contributed by atoms with Gasteiger partial charge in [0.2, 0.25) is 5.91 Å². The van der Waals surface area contributed by atoms with E-state index >= 15 is 0 Å². The Labute approximate surface area is 104 Å². The molecular formula is C11H16BrN3O. The smallest absolute Gasteiger partial charge is 0.239 e. The Hall–Kier alpha value is -1.10. The molecule has 0 saturated heterocycles. The van der Waals surface area contributed by atoms with Gasteiger partial charge in [-0.2, -0.15) is 0 Å². The molecule has 0 saturated carbocycles. The predicted molar refractivity (Wildman–Crippen MR) is 68.6 cm³/mol. The van der Waals surface area contributed by atoms with Gasteiger partial charge in [0.05, 0.1) is 11.0 Å². The van der Waals surface area contributed by atoms with E-state index in [9.17, 15) is 4.79 Å². The van der Waals surface area contributed by atoms with Crippen LogP contribution in [-0.4, -0.2) is 31.0 Å². The van der Waals surface area contributed by atoms with E-state index in [1.54, 1.807) is 6.20 Å². The summed E-state index contributed by atoms with van der Waals surface area (Å²) in [5, 5.41) is 2.76. The Kier molecular flexibility index (Phi) is 4.73. The van der Waals surface area contributed by atoms with Crippen LogP contribution in [0.1, 0.15) is 12.5 Å². The van der Waals surface area contributed by atoms with E-state index in [1.165, 1.54) is 0 Å². The number of rotatable bonds is 4. The molecule has 0 atom stereocenters. The maximum atomic E-state index is 11.4. The summed E-state index contributed by atoms with van der Waals surface area (Å²) in [7, 11) is 1.85. The first-order chi connectivity index (χ1) is 7.56. The highest BCUT2D eigenvalue weighted by Gasteiger charge is 2.11. The van der Waals surface area contributed by atoms with E-state index < -0.39 is 0 Å². The minimum atomic E-state index is 0.000191. The summed E-state index contributed by atoms with van der Waals surface area (Å²) >= 11 is 3.47. The summed E-state index contributed by atoms with van der Waals surface area (Å²) in [5.41, 5.74) is 1.10. The molecule has 0 aromatic carbocycles. The number of carbonyl (C=O) groups is 1. The second-order valence-corrected chi connectivity index (χ2v) is 4.37. The molecular weight excluding hydrogens is 270 g/mol. The summed E-state index contributed by atoms with van der Waals surface area (Å²) in [6, 6.07) is 1.92. The van der Waals surface area contributed by atoms with Gasteiger partial charge in [-0.25, -0.2) is 4.98 Å². The molecule has 1 amide bonds. The summed E-state index contributed by atoms with van der Waals surface area (Å²) in [6.45, 7) is 4.85. The van der Waals surface area contributed by atoms with Crippen molar-refractivity contribution >= 4 is 27.7 Å². The Morgan fingerprint density at radius 1 is 1.62 bits per heavy atom. The van der Waals surface area contributed by atoms with Crippen molar-refractivity contribution in [2.75, 3.05) is 25.0 Å². The maximum absolute atomic E-state index is 11.4. The van der Waals surface area contributed by atoms with Crippen molar-refractivity contribution < 1.29 is 4.79 Å². The minimum absolute atomic E-state index is 0.000191. The number of nitrogens with zero attached hydrogens (tertiary/aromatic N) is 2. The van der Waals surface area contributed by atoms with Crippen molar-refractivity contribution in [3.63, 3.8) is 0 Å². The lowest BCUT2D eigenvalue weighted by Crippen LogP contribution is -2.35. The van der Waals surface area contributed by atoms with Crippen LogP contribution in [0.4, 0.5) is 5.82 Å². The molecule has 1 heterocycles. The molecule has 0 fully saturated rings. The fourth-order valence-electron chi connectivity index (χ4n) is 1.34. The summed E-state index contributed by atoms with van der Waals surface area (Å²) in [4.78, 5) is 17.5. The highest BCUT2D eigenvalue weighted by atomic mass is 79.9. The topological polar surface area (TPSA) is 45.2 Å². The van der Waals surface area contributed by atoms with E-state index in [-0.39, 0.29) is 5.91 Å². The number of amides is 1. The van der Waals surface area contributed by atoms with E-state index in [0.29, 0.717) is 13.1 Å². The lowest BCUT2D eigenvalue weighted by molar-refractivity contribution is -0.119. The first-order valence-corrected chi connectivity index (χ1v) is 5.94. The second kappa shape index (κ2) is 5.84. The molecule has 4 nitrogen and oxygen atoms in total. The number of hydrogen-bond acceptors (Lipinski definition) is 3. The normalized spacial score (nSPS) is 10.0. The predicted octanol–water partition coefficient (Wildman–Crippen LogP) is 1.72. The number of aryl methyl sites for hydroxylation is 1. The minimum Gasteiger partial charge on any atom is -0.355 e. The van der Waals surface area contributed by atoms with Gasteiger partial charge in [0.25, 0.3) is 0 Å². The molecule has 0 aliphatic carbocycles. The van der Waals surface area contributed by atoms with Crippen LogP contribution in [-0.2, 0) is 4.79 Å². The van der Waals surface area contributed by atoms with Gasteiger partial charge >= 0.3 is 0 Å². The highest BCUT2D eigenvalue weighted by Crippen LogP contribution is 2.25. The SMILES string of the molecule is CCNC(=O)CN(C)c1nccc(C)c1Br. The molecule has 88 valence electrons. The molecule has 1 aromatic rings. The second-order valence-electron chi connectivity index (χ2n) is 3.58. The molecule has 5 heteroatoms. The number of hydrogen-bond donors (Lipinski definition) is 1. The van der Waals surface area contributed by atoms with Gasteiger partial charge in [-0.05, 0) is 41.4 Å². The summed E-state index contributed by atoms with van der Waals surface area (Å²) < 4.78 is 0.932. The van der Waals surface area contributed by atoms with Crippen molar-refractivity contribution in [1.82, 2.24) is 10.3 Å². The van der Waals surface area contributed by atoms with E-state index in [4.69, 9.17) is 0 Å².